The number of amides is 3. The highest BCUT2D eigenvalue weighted by atomic mass is 79.9. The topological polar surface area (TPSA) is 90.4 Å². The number of aliphatic hydroxyl groups excluding tert-OH is 1. The number of benzene rings is 1. The first-order valence-electron chi connectivity index (χ1n) is 13.3. The van der Waals surface area contributed by atoms with Crippen molar-refractivity contribution in [1.82, 2.24) is 9.80 Å². The number of alkyl halides is 1. The maximum absolute atomic E-state index is 14.5. The molecule has 2 bridgehead atoms. The van der Waals surface area contributed by atoms with Crippen LogP contribution in [0.15, 0.2) is 43.5 Å². The van der Waals surface area contributed by atoms with E-state index in [-0.39, 0.29) is 42.2 Å². The lowest BCUT2D eigenvalue weighted by Crippen LogP contribution is -2.57. The second-order valence-electron chi connectivity index (χ2n) is 10.5. The van der Waals surface area contributed by atoms with Crippen LogP contribution in [-0.2, 0) is 19.1 Å². The Balaban J connectivity index is 1.81. The van der Waals surface area contributed by atoms with Crippen LogP contribution in [0.3, 0.4) is 0 Å². The summed E-state index contributed by atoms with van der Waals surface area (Å²) in [6.45, 7) is 14.4. The molecule has 3 amide bonds. The van der Waals surface area contributed by atoms with Gasteiger partial charge in [-0.3, -0.25) is 14.4 Å². The van der Waals surface area contributed by atoms with E-state index >= 15 is 0 Å². The van der Waals surface area contributed by atoms with Crippen LogP contribution in [0, 0.1) is 25.7 Å². The van der Waals surface area contributed by atoms with Gasteiger partial charge in [0.1, 0.15) is 11.6 Å². The first kappa shape index (κ1) is 28.5. The summed E-state index contributed by atoms with van der Waals surface area (Å²) < 4.78 is 6.60. The zero-order chi connectivity index (χ0) is 27.8. The highest BCUT2D eigenvalue weighted by Gasteiger charge is 2.76. The van der Waals surface area contributed by atoms with Crippen LogP contribution in [-0.4, -0.2) is 88.0 Å². The number of anilines is 1. The van der Waals surface area contributed by atoms with Crippen molar-refractivity contribution in [2.45, 2.75) is 56.2 Å². The molecule has 3 unspecified atom stereocenters. The Morgan fingerprint density at radius 1 is 1.21 bits per heavy atom. The summed E-state index contributed by atoms with van der Waals surface area (Å²) in [6, 6.07) is 4.85. The second kappa shape index (κ2) is 11.3. The third kappa shape index (κ3) is 4.42. The molecule has 0 aliphatic carbocycles. The van der Waals surface area contributed by atoms with E-state index in [2.05, 4.69) is 29.1 Å². The average molecular weight is 589 g/mol. The van der Waals surface area contributed by atoms with Crippen molar-refractivity contribution in [3.63, 3.8) is 0 Å². The number of carbonyl (C=O) groups excluding carboxylic acids is 3. The van der Waals surface area contributed by atoms with Gasteiger partial charge in [-0.2, -0.15) is 0 Å². The number of hydrogen-bond donors (Lipinski definition) is 1. The quantitative estimate of drug-likeness (QED) is 0.317. The van der Waals surface area contributed by atoms with E-state index in [4.69, 9.17) is 4.74 Å². The zero-order valence-corrected chi connectivity index (χ0v) is 24.0. The number of para-hydroxylation sites is 1. The number of halogens is 1. The Kier molecular flexibility index (Phi) is 8.49. The Hall–Kier alpha value is -2.49. The van der Waals surface area contributed by atoms with Gasteiger partial charge >= 0.3 is 0 Å². The van der Waals surface area contributed by atoms with Gasteiger partial charge in [0.2, 0.25) is 11.8 Å². The minimum atomic E-state index is -1.18. The van der Waals surface area contributed by atoms with E-state index in [1.54, 1.807) is 22.0 Å². The number of fused-ring (bicyclic) bond motifs is 1. The van der Waals surface area contributed by atoms with E-state index in [9.17, 15) is 19.5 Å². The largest absolute Gasteiger partial charge is 0.395 e. The maximum atomic E-state index is 14.5. The van der Waals surface area contributed by atoms with E-state index < -0.39 is 29.6 Å². The molecule has 8 nitrogen and oxygen atoms in total. The summed E-state index contributed by atoms with van der Waals surface area (Å²) >= 11 is 3.72. The summed E-state index contributed by atoms with van der Waals surface area (Å²) in [4.78, 5) is 47.1. The zero-order valence-electron chi connectivity index (χ0n) is 22.4. The first-order valence-corrected chi connectivity index (χ1v) is 14.2. The van der Waals surface area contributed by atoms with Gasteiger partial charge in [-0.05, 0) is 37.8 Å². The average Bonchev–Trinajstić information content (AvgIpc) is 3.46. The van der Waals surface area contributed by atoms with Gasteiger partial charge in [0.25, 0.3) is 5.91 Å². The minimum Gasteiger partial charge on any atom is -0.395 e. The fourth-order valence-electron chi connectivity index (χ4n) is 6.77. The van der Waals surface area contributed by atoms with Crippen molar-refractivity contribution in [2.24, 2.45) is 11.8 Å². The molecule has 3 aliphatic heterocycles. The Morgan fingerprint density at radius 3 is 2.45 bits per heavy atom. The molecule has 3 saturated heterocycles. The van der Waals surface area contributed by atoms with Crippen molar-refractivity contribution in [3.05, 3.63) is 54.6 Å². The molecule has 6 atom stereocenters. The molecular weight excluding hydrogens is 550 g/mol. The van der Waals surface area contributed by atoms with Gasteiger partial charge in [-0.15, -0.1) is 13.2 Å². The predicted molar refractivity (Wildman–Crippen MR) is 150 cm³/mol. The SMILES string of the molecule is C=CCN(CCC)C(=O)[C@H]1[C@@H]2OC3(CC2Br)C(C(=O)N(CC=C)c2c(C)cccc2C)N(CCO)C(=O)[C@H]13. The van der Waals surface area contributed by atoms with Crippen molar-refractivity contribution >= 4 is 39.3 Å². The van der Waals surface area contributed by atoms with Crippen LogP contribution in [0.4, 0.5) is 5.69 Å². The van der Waals surface area contributed by atoms with Crippen molar-refractivity contribution in [1.29, 1.82) is 0 Å². The number of rotatable bonds is 11. The summed E-state index contributed by atoms with van der Waals surface area (Å²) in [6.07, 6.45) is 4.00. The Labute approximate surface area is 233 Å². The number of aryl methyl sites for hydroxylation is 2. The van der Waals surface area contributed by atoms with Crippen LogP contribution < -0.4 is 4.90 Å². The smallest absolute Gasteiger partial charge is 0.253 e. The standard InChI is InChI=1S/C29H38BrN3O5/c1-6-12-31(13-7-2)26(35)21-22-27(36)33(15-16-34)25(29(22)17-20(30)24(21)38-29)28(37)32(14-8-3)23-18(4)10-9-11-19(23)5/h6,8-11,20-22,24-25,34H,1,3,7,12-17H2,2,4-5H3/t20?,21-,22+,24-,25?,29?/m1/s1. The summed E-state index contributed by atoms with van der Waals surface area (Å²) in [7, 11) is 0. The van der Waals surface area contributed by atoms with Gasteiger partial charge in [-0.25, -0.2) is 0 Å². The number of likely N-dealkylation sites (tertiary alicyclic amines) is 1. The first-order chi connectivity index (χ1) is 18.2. The number of carbonyl (C=O) groups is 3. The number of nitrogens with zero attached hydrogens (tertiary/aromatic N) is 3. The van der Waals surface area contributed by atoms with Gasteiger partial charge < -0.3 is 24.5 Å². The molecule has 0 aromatic heterocycles. The van der Waals surface area contributed by atoms with Crippen molar-refractivity contribution in [2.75, 3.05) is 37.7 Å². The molecule has 1 aromatic rings. The molecule has 3 fully saturated rings. The molecular formula is C29H38BrN3O5. The van der Waals surface area contributed by atoms with Gasteiger partial charge in [0.15, 0.2) is 0 Å². The Bertz CT molecular complexity index is 1110. The van der Waals surface area contributed by atoms with Crippen molar-refractivity contribution in [3.8, 4) is 0 Å². The molecule has 3 heterocycles. The highest BCUT2D eigenvalue weighted by Crippen LogP contribution is 2.60. The lowest BCUT2D eigenvalue weighted by Gasteiger charge is -2.38. The molecule has 1 aromatic carbocycles. The minimum absolute atomic E-state index is 0.0185. The van der Waals surface area contributed by atoms with Crippen LogP contribution in [0.25, 0.3) is 0 Å². The van der Waals surface area contributed by atoms with Crippen molar-refractivity contribution < 1.29 is 24.2 Å². The van der Waals surface area contributed by atoms with Gasteiger partial charge in [-0.1, -0.05) is 53.2 Å². The molecule has 38 heavy (non-hydrogen) atoms. The number of hydrogen-bond acceptors (Lipinski definition) is 5. The lowest BCUT2D eigenvalue weighted by atomic mass is 9.70. The van der Waals surface area contributed by atoms with E-state index in [0.29, 0.717) is 19.5 Å². The Morgan fingerprint density at radius 2 is 1.87 bits per heavy atom. The molecule has 4 rings (SSSR count). The molecule has 3 aliphatic rings. The second-order valence-corrected chi connectivity index (χ2v) is 11.6. The third-order valence-corrected chi connectivity index (χ3v) is 8.94. The molecule has 0 radical (unpaired) electrons. The lowest BCUT2D eigenvalue weighted by molar-refractivity contribution is -0.145. The fourth-order valence-corrected chi connectivity index (χ4v) is 7.71. The molecule has 0 saturated carbocycles. The predicted octanol–water partition coefficient (Wildman–Crippen LogP) is 2.99. The number of ether oxygens (including phenoxy) is 1. The van der Waals surface area contributed by atoms with Crippen LogP contribution in [0.5, 0.6) is 0 Å². The molecule has 1 N–H and O–H groups in total. The van der Waals surface area contributed by atoms with Gasteiger partial charge in [0.05, 0.1) is 24.5 Å². The van der Waals surface area contributed by atoms with Gasteiger partial charge in [0, 0.05) is 36.7 Å². The number of aliphatic hydroxyl groups is 1. The van der Waals surface area contributed by atoms with E-state index in [1.165, 1.54) is 4.90 Å². The molecule has 9 heteroatoms. The van der Waals surface area contributed by atoms with E-state index in [0.717, 1.165) is 23.2 Å². The highest BCUT2D eigenvalue weighted by molar-refractivity contribution is 9.09. The monoisotopic (exact) mass is 587 g/mol. The maximum Gasteiger partial charge on any atom is 0.253 e. The van der Waals surface area contributed by atoms with Crippen LogP contribution in [0.2, 0.25) is 0 Å². The molecule has 1 spiro atoms. The van der Waals surface area contributed by atoms with Crippen LogP contribution >= 0.6 is 15.9 Å². The normalized spacial score (nSPS) is 29.3. The van der Waals surface area contributed by atoms with Crippen LogP contribution in [0.1, 0.15) is 30.9 Å². The third-order valence-electron chi connectivity index (χ3n) is 8.09. The summed E-state index contributed by atoms with van der Waals surface area (Å²) in [5.74, 6) is -2.29. The summed E-state index contributed by atoms with van der Waals surface area (Å²) in [5.41, 5.74) is 1.44. The summed E-state index contributed by atoms with van der Waals surface area (Å²) in [5, 5.41) is 9.91. The van der Waals surface area contributed by atoms with E-state index in [1.807, 2.05) is 39.0 Å². The fraction of sp³-hybridized carbons (Fsp3) is 0.552. The molecule has 206 valence electrons. The number of β-amino-alcohol motifs (C(OH)–C–C–N with tert-alkyl or cyclic N) is 1.